The summed E-state index contributed by atoms with van der Waals surface area (Å²) in [5.74, 6) is 0.316. The molecule has 1 heterocycles. The van der Waals surface area contributed by atoms with Gasteiger partial charge in [-0.1, -0.05) is 11.8 Å². The Kier molecular flexibility index (Phi) is 4.68. The summed E-state index contributed by atoms with van der Waals surface area (Å²) in [5, 5.41) is 3.71. The van der Waals surface area contributed by atoms with Crippen LogP contribution in [0, 0.1) is 0 Å². The van der Waals surface area contributed by atoms with Gasteiger partial charge in [-0.3, -0.25) is 4.79 Å². The van der Waals surface area contributed by atoms with Crippen LogP contribution in [0.15, 0.2) is 41.8 Å². The van der Waals surface area contributed by atoms with E-state index in [0.717, 1.165) is 16.5 Å². The van der Waals surface area contributed by atoms with Crippen molar-refractivity contribution in [3.63, 3.8) is 0 Å². The lowest BCUT2D eigenvalue weighted by molar-refractivity contribution is -0.113. The molecule has 2 rings (SSSR count). The number of benzene rings is 1. The smallest absolute Gasteiger partial charge is 0.234 e. The molecule has 0 aliphatic carbocycles. The van der Waals surface area contributed by atoms with Crippen LogP contribution >= 0.6 is 11.8 Å². The lowest BCUT2D eigenvalue weighted by Gasteiger charge is -2.13. The van der Waals surface area contributed by atoms with Crippen LogP contribution in [0.3, 0.4) is 0 Å². The van der Waals surface area contributed by atoms with Crippen LogP contribution < -0.4 is 10.2 Å². The summed E-state index contributed by atoms with van der Waals surface area (Å²) in [7, 11) is 5.88. The van der Waals surface area contributed by atoms with E-state index in [1.807, 2.05) is 61.1 Å². The molecule has 1 aromatic carbocycles. The van der Waals surface area contributed by atoms with Gasteiger partial charge >= 0.3 is 0 Å². The maximum absolute atomic E-state index is 11.9. The number of aryl methyl sites for hydroxylation is 1. The first-order chi connectivity index (χ1) is 9.56. The van der Waals surface area contributed by atoms with E-state index in [1.54, 1.807) is 6.20 Å². The van der Waals surface area contributed by atoms with Gasteiger partial charge in [0.25, 0.3) is 0 Å². The van der Waals surface area contributed by atoms with Crippen LogP contribution in [0.4, 0.5) is 11.4 Å². The molecule has 1 aromatic heterocycles. The van der Waals surface area contributed by atoms with E-state index in [-0.39, 0.29) is 5.91 Å². The first-order valence-corrected chi connectivity index (χ1v) is 7.22. The zero-order chi connectivity index (χ0) is 14.5. The highest BCUT2D eigenvalue weighted by Gasteiger charge is 2.06. The average molecular weight is 290 g/mol. The predicted molar refractivity (Wildman–Crippen MR) is 83.3 cm³/mol. The van der Waals surface area contributed by atoms with Crippen molar-refractivity contribution in [2.45, 2.75) is 5.16 Å². The maximum Gasteiger partial charge on any atom is 0.234 e. The highest BCUT2D eigenvalue weighted by Crippen LogP contribution is 2.17. The normalized spacial score (nSPS) is 10.3. The molecule has 5 nitrogen and oxygen atoms in total. The van der Waals surface area contributed by atoms with Crippen molar-refractivity contribution in [1.82, 2.24) is 9.55 Å². The summed E-state index contributed by atoms with van der Waals surface area (Å²) >= 11 is 1.42. The van der Waals surface area contributed by atoms with Gasteiger partial charge in [0.05, 0.1) is 5.75 Å². The summed E-state index contributed by atoms with van der Waals surface area (Å²) in [6, 6.07) is 7.75. The third-order valence-corrected chi connectivity index (χ3v) is 3.83. The zero-order valence-corrected chi connectivity index (χ0v) is 12.6. The number of nitrogens with one attached hydrogen (secondary N) is 1. The van der Waals surface area contributed by atoms with Crippen LogP contribution in [0.5, 0.6) is 0 Å². The van der Waals surface area contributed by atoms with Gasteiger partial charge < -0.3 is 14.8 Å². The molecule has 6 heteroatoms. The van der Waals surface area contributed by atoms with Gasteiger partial charge in [-0.15, -0.1) is 0 Å². The number of rotatable bonds is 5. The summed E-state index contributed by atoms with van der Waals surface area (Å²) in [6.45, 7) is 0. The molecule has 20 heavy (non-hydrogen) atoms. The summed E-state index contributed by atoms with van der Waals surface area (Å²) in [5.41, 5.74) is 1.91. The predicted octanol–water partition coefficient (Wildman–Crippen LogP) is 2.22. The molecule has 0 saturated carbocycles. The molecule has 2 aromatic rings. The summed E-state index contributed by atoms with van der Waals surface area (Å²) in [6.07, 6.45) is 3.58. The Morgan fingerprint density at radius 1 is 1.35 bits per heavy atom. The van der Waals surface area contributed by atoms with Crippen molar-refractivity contribution in [3.05, 3.63) is 36.7 Å². The fraction of sp³-hybridized carbons (Fsp3) is 0.286. The number of carbonyl (C=O) groups excluding carboxylic acids is 1. The van der Waals surface area contributed by atoms with Crippen LogP contribution in [0.1, 0.15) is 0 Å². The van der Waals surface area contributed by atoms with Gasteiger partial charge in [0, 0.05) is 44.9 Å². The lowest BCUT2D eigenvalue weighted by Crippen LogP contribution is -2.14. The monoisotopic (exact) mass is 290 g/mol. The van der Waals surface area contributed by atoms with E-state index in [9.17, 15) is 4.79 Å². The Morgan fingerprint density at radius 2 is 2.05 bits per heavy atom. The molecular weight excluding hydrogens is 272 g/mol. The van der Waals surface area contributed by atoms with Gasteiger partial charge in [0.1, 0.15) is 0 Å². The highest BCUT2D eigenvalue weighted by atomic mass is 32.2. The van der Waals surface area contributed by atoms with Crippen LogP contribution in [0.2, 0.25) is 0 Å². The molecule has 1 amide bonds. The van der Waals surface area contributed by atoms with Gasteiger partial charge in [-0.25, -0.2) is 4.98 Å². The number of amides is 1. The molecule has 0 bridgehead atoms. The number of nitrogens with zero attached hydrogens (tertiary/aromatic N) is 3. The van der Waals surface area contributed by atoms with Crippen molar-refractivity contribution < 1.29 is 4.79 Å². The van der Waals surface area contributed by atoms with Crippen molar-refractivity contribution in [2.24, 2.45) is 7.05 Å². The molecule has 0 radical (unpaired) electrons. The molecule has 0 aliphatic rings. The standard InChI is InChI=1S/C14H18N4OS/c1-17(2)12-6-4-11(5-7-12)16-13(19)10-20-14-15-8-9-18(14)3/h4-9H,10H2,1-3H3,(H,16,19). The second-order valence-corrected chi connectivity index (χ2v) is 5.54. The van der Waals surface area contributed by atoms with E-state index in [4.69, 9.17) is 0 Å². The molecule has 1 N–H and O–H groups in total. The molecule has 0 atom stereocenters. The maximum atomic E-state index is 11.9. The number of aromatic nitrogens is 2. The van der Waals surface area contributed by atoms with Gasteiger partial charge in [0.15, 0.2) is 5.16 Å². The minimum absolute atomic E-state index is 0.0318. The Hall–Kier alpha value is -1.95. The second-order valence-electron chi connectivity index (χ2n) is 4.60. The second kappa shape index (κ2) is 6.47. The fourth-order valence-electron chi connectivity index (χ4n) is 1.66. The van der Waals surface area contributed by atoms with Gasteiger partial charge in [0.2, 0.25) is 5.91 Å². The number of hydrogen-bond acceptors (Lipinski definition) is 4. The molecule has 0 saturated heterocycles. The molecule has 0 fully saturated rings. The number of hydrogen-bond donors (Lipinski definition) is 1. The molecular formula is C14H18N4OS. The SMILES string of the molecule is CN(C)c1ccc(NC(=O)CSc2nccn2C)cc1. The van der Waals surface area contributed by atoms with Crippen molar-refractivity contribution in [2.75, 3.05) is 30.1 Å². The van der Waals surface area contributed by atoms with Crippen LogP contribution in [-0.4, -0.2) is 35.3 Å². The van der Waals surface area contributed by atoms with Crippen molar-refractivity contribution >= 4 is 29.0 Å². The van der Waals surface area contributed by atoms with Gasteiger partial charge in [-0.05, 0) is 24.3 Å². The summed E-state index contributed by atoms with van der Waals surface area (Å²) < 4.78 is 1.89. The van der Waals surface area contributed by atoms with E-state index >= 15 is 0 Å². The average Bonchev–Trinajstić information content (AvgIpc) is 2.82. The first kappa shape index (κ1) is 14.5. The lowest BCUT2D eigenvalue weighted by atomic mass is 10.2. The third kappa shape index (κ3) is 3.77. The quantitative estimate of drug-likeness (QED) is 0.858. The van der Waals surface area contributed by atoms with E-state index < -0.39 is 0 Å². The minimum atomic E-state index is -0.0318. The molecule has 0 aliphatic heterocycles. The van der Waals surface area contributed by atoms with Crippen molar-refractivity contribution in [1.29, 1.82) is 0 Å². The summed E-state index contributed by atoms with van der Waals surface area (Å²) in [4.78, 5) is 18.0. The third-order valence-electron chi connectivity index (χ3n) is 2.78. The van der Waals surface area contributed by atoms with Crippen LogP contribution in [-0.2, 0) is 11.8 Å². The first-order valence-electron chi connectivity index (χ1n) is 6.23. The van der Waals surface area contributed by atoms with Gasteiger partial charge in [-0.2, -0.15) is 0 Å². The highest BCUT2D eigenvalue weighted by molar-refractivity contribution is 7.99. The van der Waals surface area contributed by atoms with E-state index in [2.05, 4.69) is 10.3 Å². The van der Waals surface area contributed by atoms with Crippen molar-refractivity contribution in [3.8, 4) is 0 Å². The molecule has 0 unspecified atom stereocenters. The fourth-order valence-corrected chi connectivity index (χ4v) is 2.39. The van der Waals surface area contributed by atoms with E-state index in [1.165, 1.54) is 11.8 Å². The number of thioether (sulfide) groups is 1. The van der Waals surface area contributed by atoms with Crippen LogP contribution in [0.25, 0.3) is 0 Å². The Morgan fingerprint density at radius 3 is 2.60 bits per heavy atom. The molecule has 0 spiro atoms. The topological polar surface area (TPSA) is 50.2 Å². The van der Waals surface area contributed by atoms with E-state index in [0.29, 0.717) is 5.75 Å². The minimum Gasteiger partial charge on any atom is -0.378 e. The number of imidazole rings is 1. The Bertz CT molecular complexity index is 577. The number of anilines is 2. The molecule has 106 valence electrons. The largest absolute Gasteiger partial charge is 0.378 e. The Balaban J connectivity index is 1.86. The Labute approximate surface area is 123 Å². The number of carbonyl (C=O) groups is 1. The zero-order valence-electron chi connectivity index (χ0n) is 11.8.